The van der Waals surface area contributed by atoms with Crippen LogP contribution in [-0.2, 0) is 9.59 Å². The van der Waals surface area contributed by atoms with Gasteiger partial charge < -0.3 is 20.0 Å². The van der Waals surface area contributed by atoms with Gasteiger partial charge in [-0.1, -0.05) is 48.5 Å². The molecule has 3 aromatic rings. The number of rotatable bonds is 12. The summed E-state index contributed by atoms with van der Waals surface area (Å²) in [6.07, 6.45) is 4.82. The fourth-order valence-corrected chi connectivity index (χ4v) is 4.76. The Morgan fingerprint density at radius 3 is 1.95 bits per heavy atom. The molecule has 1 aliphatic rings. The van der Waals surface area contributed by atoms with Crippen LogP contribution in [0.4, 0.5) is 17.1 Å². The summed E-state index contributed by atoms with van der Waals surface area (Å²) < 4.78 is 0. The van der Waals surface area contributed by atoms with Crippen molar-refractivity contribution in [2.45, 2.75) is 26.3 Å². The first-order chi connectivity index (χ1) is 18.9. The molecule has 8 nitrogen and oxygen atoms in total. The van der Waals surface area contributed by atoms with Gasteiger partial charge in [0.05, 0.1) is 17.4 Å². The van der Waals surface area contributed by atoms with Crippen molar-refractivity contribution in [2.24, 2.45) is 5.10 Å². The zero-order valence-corrected chi connectivity index (χ0v) is 22.3. The van der Waals surface area contributed by atoms with E-state index in [1.54, 1.807) is 12.1 Å². The molecule has 1 unspecified atom stereocenters. The number of hydrazone groups is 1. The number of allylic oxidation sites excluding steroid dienone is 1. The number of anilines is 3. The maximum atomic E-state index is 11.2. The fraction of sp³-hybridized carbons (Fsp3) is 0.258. The third-order valence-corrected chi connectivity index (χ3v) is 6.74. The van der Waals surface area contributed by atoms with Crippen LogP contribution in [0, 0.1) is 0 Å². The molecule has 0 fully saturated rings. The van der Waals surface area contributed by atoms with E-state index >= 15 is 0 Å². The number of benzene rings is 3. The molecular formula is C31H34N4O4. The highest BCUT2D eigenvalue weighted by Crippen LogP contribution is 2.36. The zero-order chi connectivity index (χ0) is 27.8. The lowest BCUT2D eigenvalue weighted by molar-refractivity contribution is -0.136. The molecule has 8 heteroatoms. The van der Waals surface area contributed by atoms with Gasteiger partial charge in [-0.15, -0.1) is 0 Å². The summed E-state index contributed by atoms with van der Waals surface area (Å²) in [5.41, 5.74) is 5.77. The van der Waals surface area contributed by atoms with Gasteiger partial charge in [0.15, 0.2) is 0 Å². The van der Waals surface area contributed by atoms with Crippen LogP contribution in [0.25, 0.3) is 6.08 Å². The predicted octanol–water partition coefficient (Wildman–Crippen LogP) is 5.53. The van der Waals surface area contributed by atoms with Crippen LogP contribution in [-0.4, -0.2) is 54.0 Å². The second-order valence-corrected chi connectivity index (χ2v) is 9.32. The van der Waals surface area contributed by atoms with E-state index in [4.69, 9.17) is 5.10 Å². The van der Waals surface area contributed by atoms with Gasteiger partial charge in [-0.2, -0.15) is 5.10 Å². The first kappa shape index (κ1) is 27.4. The number of para-hydroxylation sites is 1. The average molecular weight is 527 g/mol. The summed E-state index contributed by atoms with van der Waals surface area (Å²) in [6.45, 7) is 5.47. The van der Waals surface area contributed by atoms with Crippen LogP contribution in [0.2, 0.25) is 0 Å². The van der Waals surface area contributed by atoms with Crippen molar-refractivity contribution in [3.8, 4) is 0 Å². The van der Waals surface area contributed by atoms with Crippen molar-refractivity contribution in [3.63, 3.8) is 0 Å². The van der Waals surface area contributed by atoms with Gasteiger partial charge in [-0.05, 0) is 67.4 Å². The normalized spacial score (nSPS) is 14.9. The Bertz CT molecular complexity index is 1300. The molecule has 0 bridgehead atoms. The van der Waals surface area contributed by atoms with Gasteiger partial charge in [0.1, 0.15) is 13.1 Å². The van der Waals surface area contributed by atoms with Gasteiger partial charge in [0.25, 0.3) is 0 Å². The highest BCUT2D eigenvalue weighted by Gasteiger charge is 2.28. The van der Waals surface area contributed by atoms with E-state index in [2.05, 4.69) is 55.2 Å². The molecule has 39 heavy (non-hydrogen) atoms. The highest BCUT2D eigenvalue weighted by molar-refractivity contribution is 6.01. The topological polar surface area (TPSA) is 96.7 Å². The molecule has 0 aliphatic carbocycles. The molecule has 3 aromatic carbocycles. The van der Waals surface area contributed by atoms with E-state index < -0.39 is 11.9 Å². The largest absolute Gasteiger partial charge is 0.480 e. The molecule has 0 saturated carbocycles. The standard InChI is InChI=1S/C31H34N4O4/c1-3-33(4-2)26-16-11-23(12-17-26)10-15-25-20-29(35(32-25)28-8-6-5-7-9-28)24-13-18-27(19-14-24)34(21-30(36)37)22-31(38)39/h5-19,29H,3-4,20-22H2,1-2H3,(H,36,37)(H,38,39). The van der Waals surface area contributed by atoms with E-state index in [1.807, 2.05) is 47.5 Å². The molecular weight excluding hydrogens is 492 g/mol. The first-order valence-corrected chi connectivity index (χ1v) is 13.1. The lowest BCUT2D eigenvalue weighted by atomic mass is 10.00. The van der Waals surface area contributed by atoms with Crippen molar-refractivity contribution >= 4 is 40.8 Å². The molecule has 2 N–H and O–H groups in total. The SMILES string of the molecule is CCN(CC)c1ccc(C=CC2=NN(c3ccccc3)C(c3ccc(N(CC(=O)O)CC(=O)O)cc3)C2)cc1. The molecule has 4 rings (SSSR count). The molecule has 0 saturated heterocycles. The van der Waals surface area contributed by atoms with E-state index in [-0.39, 0.29) is 19.1 Å². The van der Waals surface area contributed by atoms with Crippen LogP contribution in [0.1, 0.15) is 37.4 Å². The second kappa shape index (κ2) is 12.8. The monoisotopic (exact) mass is 526 g/mol. The molecule has 0 spiro atoms. The number of hydrogen-bond donors (Lipinski definition) is 2. The van der Waals surface area contributed by atoms with Crippen LogP contribution < -0.4 is 14.8 Å². The number of carboxylic acids is 2. The summed E-state index contributed by atoms with van der Waals surface area (Å²) in [7, 11) is 0. The fourth-order valence-electron chi connectivity index (χ4n) is 4.76. The van der Waals surface area contributed by atoms with Crippen molar-refractivity contribution in [1.82, 2.24) is 0 Å². The molecule has 1 atom stereocenters. The second-order valence-electron chi connectivity index (χ2n) is 9.32. The third-order valence-electron chi connectivity index (χ3n) is 6.74. The minimum atomic E-state index is -1.08. The Kier molecular flexibility index (Phi) is 8.99. The van der Waals surface area contributed by atoms with E-state index in [1.165, 1.54) is 10.6 Å². The Morgan fingerprint density at radius 1 is 0.821 bits per heavy atom. The molecule has 0 radical (unpaired) electrons. The highest BCUT2D eigenvalue weighted by atomic mass is 16.4. The van der Waals surface area contributed by atoms with Gasteiger partial charge in [0.2, 0.25) is 0 Å². The average Bonchev–Trinajstić information content (AvgIpc) is 3.37. The molecule has 0 amide bonds. The molecule has 0 aromatic heterocycles. The maximum absolute atomic E-state index is 11.2. The lowest BCUT2D eigenvalue weighted by Gasteiger charge is -2.25. The Labute approximate surface area is 229 Å². The first-order valence-electron chi connectivity index (χ1n) is 13.1. The zero-order valence-electron chi connectivity index (χ0n) is 22.3. The molecule has 1 heterocycles. The summed E-state index contributed by atoms with van der Waals surface area (Å²) in [5.74, 6) is -2.17. The number of carboxylic acid groups (broad SMARTS) is 2. The summed E-state index contributed by atoms with van der Waals surface area (Å²) >= 11 is 0. The lowest BCUT2D eigenvalue weighted by Crippen LogP contribution is -2.34. The summed E-state index contributed by atoms with van der Waals surface area (Å²) in [4.78, 5) is 26.1. The van der Waals surface area contributed by atoms with E-state index in [0.29, 0.717) is 12.1 Å². The third kappa shape index (κ3) is 7.04. The van der Waals surface area contributed by atoms with Gasteiger partial charge in [0, 0.05) is 30.9 Å². The van der Waals surface area contributed by atoms with Gasteiger partial charge >= 0.3 is 11.9 Å². The summed E-state index contributed by atoms with van der Waals surface area (Å²) in [6, 6.07) is 25.8. The molecule has 202 valence electrons. The van der Waals surface area contributed by atoms with Crippen LogP contribution in [0.3, 0.4) is 0 Å². The minimum Gasteiger partial charge on any atom is -0.480 e. The van der Waals surface area contributed by atoms with Crippen molar-refractivity contribution in [1.29, 1.82) is 0 Å². The van der Waals surface area contributed by atoms with Crippen molar-refractivity contribution in [2.75, 3.05) is 41.0 Å². The van der Waals surface area contributed by atoms with Crippen molar-refractivity contribution < 1.29 is 19.8 Å². The van der Waals surface area contributed by atoms with Crippen molar-refractivity contribution in [3.05, 3.63) is 96.1 Å². The number of hydrogen-bond acceptors (Lipinski definition) is 6. The minimum absolute atomic E-state index is 0.0569. The number of carbonyl (C=O) groups is 2. The van der Waals surface area contributed by atoms with Gasteiger partial charge in [-0.25, -0.2) is 0 Å². The quantitative estimate of drug-likeness (QED) is 0.320. The summed E-state index contributed by atoms with van der Waals surface area (Å²) in [5, 5.41) is 25.3. The number of nitrogens with zero attached hydrogens (tertiary/aromatic N) is 4. The van der Waals surface area contributed by atoms with E-state index in [0.717, 1.165) is 35.6 Å². The number of aliphatic carboxylic acids is 2. The Hall–Kier alpha value is -4.59. The van der Waals surface area contributed by atoms with Gasteiger partial charge in [-0.3, -0.25) is 14.6 Å². The molecule has 1 aliphatic heterocycles. The Morgan fingerprint density at radius 2 is 1.38 bits per heavy atom. The van der Waals surface area contributed by atoms with E-state index in [9.17, 15) is 19.8 Å². The Balaban J connectivity index is 1.55. The van der Waals surface area contributed by atoms with Crippen LogP contribution in [0.5, 0.6) is 0 Å². The maximum Gasteiger partial charge on any atom is 0.323 e. The smallest absolute Gasteiger partial charge is 0.323 e. The van der Waals surface area contributed by atoms with Crippen LogP contribution >= 0.6 is 0 Å². The predicted molar refractivity (Wildman–Crippen MR) is 157 cm³/mol. The van der Waals surface area contributed by atoms with Crippen LogP contribution in [0.15, 0.2) is 90.0 Å².